The molecule has 6 nitrogen and oxygen atoms in total. The van der Waals surface area contributed by atoms with Crippen molar-refractivity contribution in [3.63, 3.8) is 0 Å². The van der Waals surface area contributed by atoms with Crippen molar-refractivity contribution in [3.05, 3.63) is 29.8 Å². The van der Waals surface area contributed by atoms with E-state index in [0.717, 1.165) is 23.6 Å². The second kappa shape index (κ2) is 12.4. The van der Waals surface area contributed by atoms with Crippen molar-refractivity contribution in [1.82, 2.24) is 5.32 Å². The van der Waals surface area contributed by atoms with Crippen LogP contribution in [0.4, 0.5) is 4.79 Å². The molecule has 0 saturated heterocycles. The summed E-state index contributed by atoms with van der Waals surface area (Å²) in [6.07, 6.45) is 2.55. The van der Waals surface area contributed by atoms with Crippen LogP contribution in [0.5, 0.6) is 5.75 Å². The van der Waals surface area contributed by atoms with Gasteiger partial charge in [-0.2, -0.15) is 11.8 Å². The molecule has 0 heterocycles. The van der Waals surface area contributed by atoms with Gasteiger partial charge in [-0.15, -0.1) is 0 Å². The number of nitrogens with one attached hydrogen (secondary N) is 1. The lowest BCUT2D eigenvalue weighted by Crippen LogP contribution is -2.40. The monoisotopic (exact) mass is 455 g/mol. The minimum Gasteiger partial charge on any atom is -0.467 e. The molecule has 0 aliphatic heterocycles. The number of carbonyl (C=O) groups excluding carboxylic acids is 2. The topological polar surface area (TPSA) is 73.9 Å². The Balaban J connectivity index is 2.73. The highest BCUT2D eigenvalue weighted by molar-refractivity contribution is 7.98. The first-order valence-electron chi connectivity index (χ1n) is 10.2. The van der Waals surface area contributed by atoms with E-state index in [0.29, 0.717) is 13.0 Å². The van der Waals surface area contributed by atoms with Crippen LogP contribution in [0.15, 0.2) is 24.3 Å². The summed E-state index contributed by atoms with van der Waals surface area (Å²) in [6, 6.07) is 8.16. The third kappa shape index (κ3) is 11.0. The van der Waals surface area contributed by atoms with Crippen molar-refractivity contribution in [2.24, 2.45) is 0 Å². The first-order chi connectivity index (χ1) is 13.9. The minimum absolute atomic E-state index is 0.0340. The van der Waals surface area contributed by atoms with Crippen molar-refractivity contribution in [2.45, 2.75) is 69.8 Å². The molecule has 0 saturated carbocycles. The van der Waals surface area contributed by atoms with Crippen molar-refractivity contribution < 1.29 is 23.8 Å². The second-order valence-electron chi connectivity index (χ2n) is 9.37. The number of hydrogen-bond donors (Lipinski definition) is 1. The van der Waals surface area contributed by atoms with Crippen LogP contribution in [0.1, 0.15) is 38.0 Å². The maximum absolute atomic E-state index is 12.0. The Kier molecular flexibility index (Phi) is 10.9. The molecular weight excluding hydrogens is 418 g/mol. The molecule has 30 heavy (non-hydrogen) atoms. The van der Waals surface area contributed by atoms with Gasteiger partial charge in [0.1, 0.15) is 17.6 Å². The average Bonchev–Trinajstić information content (AvgIpc) is 2.63. The summed E-state index contributed by atoms with van der Waals surface area (Å²) < 4.78 is 16.8. The first-order valence-corrected chi connectivity index (χ1v) is 15.2. The number of thioether (sulfide) groups is 1. The summed E-state index contributed by atoms with van der Waals surface area (Å²) in [7, 11) is -1.13. The Morgan fingerprint density at radius 3 is 2.47 bits per heavy atom. The number of aldehydes is 1. The van der Waals surface area contributed by atoms with Gasteiger partial charge in [0.15, 0.2) is 6.79 Å². The van der Waals surface area contributed by atoms with Crippen molar-refractivity contribution >= 4 is 32.2 Å². The van der Waals surface area contributed by atoms with Crippen LogP contribution in [-0.2, 0) is 14.3 Å². The fourth-order valence-electron chi connectivity index (χ4n) is 2.61. The Morgan fingerprint density at radius 1 is 1.23 bits per heavy atom. The van der Waals surface area contributed by atoms with Gasteiger partial charge in [-0.05, 0) is 45.6 Å². The lowest BCUT2D eigenvalue weighted by atomic mass is 10.0. The molecule has 1 aromatic rings. The minimum atomic E-state index is -1.13. The summed E-state index contributed by atoms with van der Waals surface area (Å²) in [5.41, 5.74) is 0.350. The Bertz CT molecular complexity index is 672. The van der Waals surface area contributed by atoms with Gasteiger partial charge in [-0.3, -0.25) is 0 Å². The maximum atomic E-state index is 12.0. The molecule has 170 valence electrons. The maximum Gasteiger partial charge on any atom is 0.408 e. The summed E-state index contributed by atoms with van der Waals surface area (Å²) in [4.78, 5) is 23.6. The Morgan fingerprint density at radius 2 is 1.90 bits per heavy atom. The molecule has 1 unspecified atom stereocenters. The van der Waals surface area contributed by atoms with Crippen LogP contribution >= 0.6 is 11.8 Å². The molecule has 0 aromatic heterocycles. The molecule has 0 spiro atoms. The Labute approximate surface area is 186 Å². The molecule has 1 rings (SSSR count). The van der Waals surface area contributed by atoms with Gasteiger partial charge < -0.3 is 24.3 Å². The zero-order valence-corrected chi connectivity index (χ0v) is 21.1. The van der Waals surface area contributed by atoms with Crippen LogP contribution in [-0.4, -0.2) is 51.8 Å². The molecule has 0 bridgehead atoms. The molecule has 1 N–H and O–H groups in total. The van der Waals surface area contributed by atoms with E-state index >= 15 is 0 Å². The quantitative estimate of drug-likeness (QED) is 0.200. The first kappa shape index (κ1) is 26.5. The average molecular weight is 456 g/mol. The second-order valence-corrected chi connectivity index (χ2v) is 16.0. The summed E-state index contributed by atoms with van der Waals surface area (Å²) in [6.45, 7) is 13.2. The van der Waals surface area contributed by atoms with Gasteiger partial charge in [-0.1, -0.05) is 37.8 Å². The zero-order valence-electron chi connectivity index (χ0n) is 19.3. The molecule has 1 aromatic carbocycles. The van der Waals surface area contributed by atoms with Crippen molar-refractivity contribution in [2.75, 3.05) is 19.7 Å². The number of amides is 1. The zero-order chi connectivity index (χ0) is 22.8. The number of rotatable bonds is 12. The van der Waals surface area contributed by atoms with E-state index in [1.807, 2.05) is 30.5 Å². The van der Waals surface area contributed by atoms with Crippen LogP contribution in [0.25, 0.3) is 0 Å². The van der Waals surface area contributed by atoms with Gasteiger partial charge in [0.25, 0.3) is 0 Å². The van der Waals surface area contributed by atoms with E-state index in [2.05, 4.69) is 25.0 Å². The number of hydrogen-bond acceptors (Lipinski definition) is 6. The molecule has 0 fully saturated rings. The SMILES string of the molecule is CSC(C[C@@H](C=O)NC(=O)OC(C)(C)C)c1ccccc1OCOCC[Si](C)(C)C. The van der Waals surface area contributed by atoms with E-state index in [1.54, 1.807) is 32.5 Å². The van der Waals surface area contributed by atoms with Gasteiger partial charge in [0.2, 0.25) is 0 Å². The number of alkyl carbamates (subject to hydrolysis) is 1. The van der Waals surface area contributed by atoms with Crippen LogP contribution in [0.3, 0.4) is 0 Å². The fourth-order valence-corrected chi connectivity index (χ4v) is 4.21. The number of para-hydroxylation sites is 1. The summed E-state index contributed by atoms with van der Waals surface area (Å²) >= 11 is 1.60. The number of carbonyl (C=O) groups is 2. The Hall–Kier alpha value is -1.51. The van der Waals surface area contributed by atoms with E-state index < -0.39 is 25.8 Å². The summed E-state index contributed by atoms with van der Waals surface area (Å²) in [5.74, 6) is 0.728. The van der Waals surface area contributed by atoms with E-state index in [1.165, 1.54) is 0 Å². The van der Waals surface area contributed by atoms with Crippen molar-refractivity contribution in [3.8, 4) is 5.75 Å². The summed E-state index contributed by atoms with van der Waals surface area (Å²) in [5, 5.41) is 2.61. The van der Waals surface area contributed by atoms with Gasteiger partial charge in [0, 0.05) is 25.5 Å². The molecule has 2 atom stereocenters. The van der Waals surface area contributed by atoms with Crippen LogP contribution in [0.2, 0.25) is 25.7 Å². The van der Waals surface area contributed by atoms with E-state index in [9.17, 15) is 9.59 Å². The smallest absolute Gasteiger partial charge is 0.408 e. The highest BCUT2D eigenvalue weighted by Gasteiger charge is 2.24. The molecule has 0 aliphatic carbocycles. The predicted molar refractivity (Wildman–Crippen MR) is 126 cm³/mol. The van der Waals surface area contributed by atoms with E-state index in [-0.39, 0.29) is 12.0 Å². The standard InChI is InChI=1S/C22H37NO5SSi/c1-22(2,3)28-21(25)23-17(15-24)14-20(29-4)18-10-8-9-11-19(18)27-16-26-12-13-30(5,6)7/h8-11,15,17,20H,12-14,16H2,1-7H3,(H,23,25)/t17-,20?/m0/s1. The van der Waals surface area contributed by atoms with Gasteiger partial charge in [-0.25, -0.2) is 4.79 Å². The third-order valence-corrected chi connectivity index (χ3v) is 6.90. The molecular formula is C22H37NO5SSi. The molecule has 1 amide bonds. The van der Waals surface area contributed by atoms with Crippen LogP contribution in [0, 0.1) is 0 Å². The highest BCUT2D eigenvalue weighted by atomic mass is 32.2. The fraction of sp³-hybridized carbons (Fsp3) is 0.636. The predicted octanol–water partition coefficient (Wildman–Crippen LogP) is 5.26. The number of benzene rings is 1. The van der Waals surface area contributed by atoms with E-state index in [4.69, 9.17) is 14.2 Å². The molecule has 0 aliphatic rings. The number of ether oxygens (including phenoxy) is 3. The van der Waals surface area contributed by atoms with Gasteiger partial charge >= 0.3 is 6.09 Å². The molecule has 0 radical (unpaired) electrons. The highest BCUT2D eigenvalue weighted by Crippen LogP contribution is 2.37. The molecule has 8 heteroatoms. The van der Waals surface area contributed by atoms with Crippen LogP contribution < -0.4 is 10.1 Å². The van der Waals surface area contributed by atoms with Gasteiger partial charge in [0.05, 0.1) is 6.04 Å². The normalized spacial score (nSPS) is 14.0. The largest absolute Gasteiger partial charge is 0.467 e. The lowest BCUT2D eigenvalue weighted by Gasteiger charge is -2.24. The lowest BCUT2D eigenvalue weighted by molar-refractivity contribution is -0.109. The van der Waals surface area contributed by atoms with Crippen molar-refractivity contribution in [1.29, 1.82) is 0 Å². The third-order valence-electron chi connectivity index (χ3n) is 4.18.